The summed E-state index contributed by atoms with van der Waals surface area (Å²) >= 11 is 0. The van der Waals surface area contributed by atoms with Gasteiger partial charge >= 0.3 is 0 Å². The second kappa shape index (κ2) is 14.1. The van der Waals surface area contributed by atoms with Crippen LogP contribution < -0.4 is 4.74 Å². The maximum atomic E-state index is 10.7. The Morgan fingerprint density at radius 3 is 1.76 bits per heavy atom. The number of aromatic nitrogens is 6. The van der Waals surface area contributed by atoms with Crippen molar-refractivity contribution in [3.05, 3.63) is 97.3 Å². The number of rotatable bonds is 9. The summed E-state index contributed by atoms with van der Waals surface area (Å²) in [6, 6.07) is 26.5. The Balaban J connectivity index is 0.000000494. The molecule has 0 saturated carbocycles. The highest BCUT2D eigenvalue weighted by Crippen LogP contribution is 2.32. The smallest absolute Gasteiger partial charge is 0.167 e. The summed E-state index contributed by atoms with van der Waals surface area (Å²) in [5.74, 6) is 2.27. The molecule has 0 bridgehead atoms. The van der Waals surface area contributed by atoms with Gasteiger partial charge in [0.2, 0.25) is 0 Å². The Morgan fingerprint density at radius 1 is 0.658 bits per heavy atom. The van der Waals surface area contributed by atoms with Crippen molar-refractivity contribution in [1.29, 1.82) is 0 Å². The van der Waals surface area contributed by atoms with Crippen LogP contribution in [0.3, 0.4) is 0 Å². The summed E-state index contributed by atoms with van der Waals surface area (Å²) in [7, 11) is 0. The van der Waals surface area contributed by atoms with Gasteiger partial charge in [-0.25, -0.2) is 15.0 Å². The third kappa shape index (κ3) is 7.64. The minimum atomic E-state index is 0.0836. The molecule has 8 nitrogen and oxygen atoms in total. The molecule has 8 heteroatoms. The molecule has 1 N–H and O–H groups in total. The molecule has 0 unspecified atom stereocenters. The van der Waals surface area contributed by atoms with Gasteiger partial charge in [0.05, 0.1) is 24.6 Å². The molecule has 0 fully saturated rings. The molecule has 2 heterocycles. The van der Waals surface area contributed by atoms with Crippen LogP contribution in [0.25, 0.3) is 34.2 Å². The molecular weight excluding hydrogens is 476 g/mol. The van der Waals surface area contributed by atoms with Crippen LogP contribution in [-0.4, -0.2) is 42.1 Å². The van der Waals surface area contributed by atoms with Crippen molar-refractivity contribution < 1.29 is 9.84 Å². The van der Waals surface area contributed by atoms with E-state index in [0.717, 1.165) is 24.0 Å². The van der Waals surface area contributed by atoms with Crippen molar-refractivity contribution in [1.82, 2.24) is 30.4 Å². The maximum absolute atomic E-state index is 10.7. The quantitative estimate of drug-likeness (QED) is 0.229. The lowest BCUT2D eigenvalue weighted by atomic mass is 10.1. The molecule has 0 spiro atoms. The van der Waals surface area contributed by atoms with Crippen molar-refractivity contribution in [2.75, 3.05) is 6.61 Å². The zero-order valence-electron chi connectivity index (χ0n) is 21.3. The number of hydrogen-bond acceptors (Lipinski definition) is 8. The molecule has 5 aromatic rings. The van der Waals surface area contributed by atoms with Crippen LogP contribution in [0.5, 0.6) is 11.5 Å². The van der Waals surface area contributed by atoms with E-state index in [9.17, 15) is 5.11 Å². The van der Waals surface area contributed by atoms with E-state index < -0.39 is 0 Å². The van der Waals surface area contributed by atoms with Crippen molar-refractivity contribution in [3.63, 3.8) is 0 Å². The lowest BCUT2D eigenvalue weighted by Crippen LogP contribution is -2.01. The minimum absolute atomic E-state index is 0.0836. The molecule has 192 valence electrons. The van der Waals surface area contributed by atoms with Crippen LogP contribution in [0.4, 0.5) is 0 Å². The molecule has 3 aromatic carbocycles. The fraction of sp³-hybridized carbons (Fsp3) is 0.200. The topological polar surface area (TPSA) is 107 Å². The third-order valence-electron chi connectivity index (χ3n) is 5.58. The number of ether oxygens (including phenoxy) is 1. The van der Waals surface area contributed by atoms with Crippen molar-refractivity contribution >= 4 is 0 Å². The normalized spacial score (nSPS) is 10.3. The summed E-state index contributed by atoms with van der Waals surface area (Å²) in [5.41, 5.74) is 2.32. The van der Waals surface area contributed by atoms with E-state index in [2.05, 4.69) is 37.3 Å². The molecule has 0 saturated heterocycles. The van der Waals surface area contributed by atoms with Gasteiger partial charge in [-0.2, -0.15) is 0 Å². The summed E-state index contributed by atoms with van der Waals surface area (Å²) in [4.78, 5) is 14.0. The van der Waals surface area contributed by atoms with E-state index in [1.165, 1.54) is 12.8 Å². The average molecular weight is 507 g/mol. The first-order valence-electron chi connectivity index (χ1n) is 12.7. The predicted molar refractivity (Wildman–Crippen MR) is 147 cm³/mol. The van der Waals surface area contributed by atoms with E-state index in [4.69, 9.17) is 4.74 Å². The van der Waals surface area contributed by atoms with Crippen molar-refractivity contribution in [3.8, 4) is 45.7 Å². The second-order valence-electron chi connectivity index (χ2n) is 8.44. The highest BCUT2D eigenvalue weighted by molar-refractivity contribution is 5.70. The van der Waals surface area contributed by atoms with Gasteiger partial charge in [-0.15, -0.1) is 10.2 Å². The maximum Gasteiger partial charge on any atom is 0.167 e. The molecule has 2 aromatic heterocycles. The van der Waals surface area contributed by atoms with Crippen LogP contribution in [0.15, 0.2) is 97.3 Å². The Bertz CT molecular complexity index is 1300. The zero-order valence-corrected chi connectivity index (χ0v) is 21.3. The number of phenols is 1. The van der Waals surface area contributed by atoms with Crippen LogP contribution >= 0.6 is 0 Å². The van der Waals surface area contributed by atoms with Crippen LogP contribution in [-0.2, 0) is 0 Å². The summed E-state index contributed by atoms with van der Waals surface area (Å²) < 4.78 is 5.80. The van der Waals surface area contributed by atoms with E-state index in [-0.39, 0.29) is 5.75 Å². The van der Waals surface area contributed by atoms with E-state index in [1.54, 1.807) is 30.6 Å². The van der Waals surface area contributed by atoms with E-state index in [0.29, 0.717) is 35.4 Å². The summed E-state index contributed by atoms with van der Waals surface area (Å²) in [5, 5.41) is 20.9. The lowest BCUT2D eigenvalue weighted by molar-refractivity contribution is 0.303. The van der Waals surface area contributed by atoms with Crippen LogP contribution in [0.2, 0.25) is 0 Å². The predicted octanol–water partition coefficient (Wildman–Crippen LogP) is 6.41. The first kappa shape index (κ1) is 26.3. The molecule has 0 amide bonds. The van der Waals surface area contributed by atoms with Crippen molar-refractivity contribution in [2.24, 2.45) is 0 Å². The largest absolute Gasteiger partial charge is 0.507 e. The van der Waals surface area contributed by atoms with Crippen LogP contribution in [0, 0.1) is 0 Å². The molecule has 38 heavy (non-hydrogen) atoms. The highest BCUT2D eigenvalue weighted by atomic mass is 16.5. The standard InChI is InChI=1S/C27H27N3O2.C3H3N3/c1-2-3-4-11-18-32-22-16-17-23(24(31)19-22)27-29-25(20-12-7-5-8-13-20)28-26(30-27)21-14-9-6-10-15-21;1-2-4-6-5-3-1/h5-10,12-17,19,31H,2-4,11,18H2,1H3;1-3H. The Kier molecular flexibility index (Phi) is 9.80. The molecule has 0 radical (unpaired) electrons. The summed E-state index contributed by atoms with van der Waals surface area (Å²) in [6.45, 7) is 2.83. The van der Waals surface area contributed by atoms with E-state index >= 15 is 0 Å². The molecule has 0 aliphatic carbocycles. The number of benzene rings is 3. The fourth-order valence-electron chi connectivity index (χ4n) is 3.64. The van der Waals surface area contributed by atoms with Gasteiger partial charge in [0.25, 0.3) is 0 Å². The molecule has 0 aliphatic rings. The number of aromatic hydroxyl groups is 1. The highest BCUT2D eigenvalue weighted by Gasteiger charge is 2.15. The first-order valence-corrected chi connectivity index (χ1v) is 12.7. The van der Waals surface area contributed by atoms with Crippen molar-refractivity contribution in [2.45, 2.75) is 32.6 Å². The monoisotopic (exact) mass is 506 g/mol. The Morgan fingerprint density at radius 2 is 1.26 bits per heavy atom. The third-order valence-corrected chi connectivity index (χ3v) is 5.58. The Labute approximate surface area is 222 Å². The van der Waals surface area contributed by atoms with Gasteiger partial charge in [-0.05, 0) is 29.8 Å². The van der Waals surface area contributed by atoms with Gasteiger partial charge < -0.3 is 9.84 Å². The number of nitrogens with zero attached hydrogens (tertiary/aromatic N) is 6. The van der Waals surface area contributed by atoms with Crippen LogP contribution in [0.1, 0.15) is 32.6 Å². The second-order valence-corrected chi connectivity index (χ2v) is 8.44. The van der Waals surface area contributed by atoms with E-state index in [1.807, 2.05) is 66.7 Å². The van der Waals surface area contributed by atoms with Gasteiger partial charge in [0.1, 0.15) is 11.5 Å². The number of unbranched alkanes of at least 4 members (excludes halogenated alkanes) is 3. The molecular formula is C30H30N6O2. The van der Waals surface area contributed by atoms with Gasteiger partial charge in [0, 0.05) is 17.2 Å². The van der Waals surface area contributed by atoms with Gasteiger partial charge in [-0.3, -0.25) is 0 Å². The average Bonchev–Trinajstić information content (AvgIpc) is 2.99. The lowest BCUT2D eigenvalue weighted by Gasteiger charge is -2.11. The number of phenolic OH excluding ortho intramolecular Hbond substituents is 1. The SMILES string of the molecule is CCCCCCOc1ccc(-c2nc(-c3ccccc3)nc(-c3ccccc3)n2)c(O)c1.c1cnnnc1. The van der Waals surface area contributed by atoms with Gasteiger partial charge in [0.15, 0.2) is 17.5 Å². The zero-order chi connectivity index (χ0) is 26.4. The fourth-order valence-corrected chi connectivity index (χ4v) is 3.64. The number of hydrogen-bond donors (Lipinski definition) is 1. The molecule has 0 aliphatic heterocycles. The minimum Gasteiger partial charge on any atom is -0.507 e. The molecule has 5 rings (SSSR count). The molecule has 0 atom stereocenters. The Hall–Kier alpha value is -4.72. The van der Waals surface area contributed by atoms with Gasteiger partial charge in [-0.1, -0.05) is 86.8 Å². The summed E-state index contributed by atoms with van der Waals surface area (Å²) in [6.07, 6.45) is 7.71. The first-order chi connectivity index (χ1) is 18.7.